The Morgan fingerprint density at radius 1 is 1.35 bits per heavy atom. The second-order valence-corrected chi connectivity index (χ2v) is 7.32. The monoisotopic (exact) mass is 317 g/mol. The van der Waals surface area contributed by atoms with Gasteiger partial charge in [0, 0.05) is 18.7 Å². The van der Waals surface area contributed by atoms with Gasteiger partial charge in [-0.3, -0.25) is 4.79 Å². The maximum absolute atomic E-state index is 13.0. The predicted molar refractivity (Wildman–Crippen MR) is 79.3 cm³/mol. The predicted octanol–water partition coefficient (Wildman–Crippen LogP) is 2.00. The first-order valence-electron chi connectivity index (χ1n) is 6.23. The minimum atomic E-state index is -4.66. The van der Waals surface area contributed by atoms with Gasteiger partial charge >= 0.3 is 10.2 Å². The number of hydrogen-bond donors (Lipinski definition) is 0. The van der Waals surface area contributed by atoms with E-state index >= 15 is 0 Å². The lowest BCUT2D eigenvalue weighted by atomic mass is 10.1. The van der Waals surface area contributed by atoms with Crippen LogP contribution in [0.15, 0.2) is 24.3 Å². The summed E-state index contributed by atoms with van der Waals surface area (Å²) in [5, 5.41) is -1.24. The number of hydrogen-bond acceptors (Lipinski definition) is 4. The summed E-state index contributed by atoms with van der Waals surface area (Å²) in [5.74, 6) is 0.664. The van der Waals surface area contributed by atoms with Gasteiger partial charge in [-0.2, -0.15) is 20.2 Å². The number of benzene rings is 1. The van der Waals surface area contributed by atoms with Crippen LogP contribution >= 0.6 is 11.8 Å². The van der Waals surface area contributed by atoms with Gasteiger partial charge in [-0.1, -0.05) is 12.1 Å². The molecule has 0 saturated carbocycles. The lowest BCUT2D eigenvalue weighted by Gasteiger charge is -2.16. The fraction of sp³-hybridized carbons (Fsp3) is 0.462. The Morgan fingerprint density at radius 2 is 2.00 bits per heavy atom. The fourth-order valence-electron chi connectivity index (χ4n) is 2.18. The smallest absolute Gasteiger partial charge is 0.307 e. The Kier molecular flexibility index (Phi) is 4.70. The summed E-state index contributed by atoms with van der Waals surface area (Å²) in [6.45, 7) is -0.109. The van der Waals surface area contributed by atoms with Crippen LogP contribution in [0.3, 0.4) is 0 Å². The number of thioether (sulfide) groups is 1. The number of carbonyl (C=O) groups is 1. The van der Waals surface area contributed by atoms with Crippen LogP contribution in [0.2, 0.25) is 0 Å². The minimum absolute atomic E-state index is 0.109. The molecule has 110 valence electrons. The van der Waals surface area contributed by atoms with Gasteiger partial charge in [-0.15, -0.1) is 3.89 Å². The van der Waals surface area contributed by atoms with Crippen molar-refractivity contribution >= 4 is 33.6 Å². The van der Waals surface area contributed by atoms with E-state index in [0.717, 1.165) is 17.7 Å². The third-order valence-electron chi connectivity index (χ3n) is 3.33. The van der Waals surface area contributed by atoms with Crippen molar-refractivity contribution < 1.29 is 17.1 Å². The van der Waals surface area contributed by atoms with Crippen molar-refractivity contribution in [2.75, 3.05) is 23.5 Å². The van der Waals surface area contributed by atoms with Crippen molar-refractivity contribution in [3.8, 4) is 0 Å². The van der Waals surface area contributed by atoms with Crippen LogP contribution in [0.4, 0.5) is 9.57 Å². The molecule has 4 nitrogen and oxygen atoms in total. The molecule has 1 aliphatic heterocycles. The maximum atomic E-state index is 13.0. The van der Waals surface area contributed by atoms with E-state index < -0.39 is 15.5 Å². The lowest BCUT2D eigenvalue weighted by molar-refractivity contribution is -0.117. The summed E-state index contributed by atoms with van der Waals surface area (Å²) in [5.41, 5.74) is 1.78. The van der Waals surface area contributed by atoms with Crippen LogP contribution in [0.1, 0.15) is 12.0 Å². The molecule has 0 N–H and O–H groups in total. The summed E-state index contributed by atoms with van der Waals surface area (Å²) in [6, 6.07) is 7.38. The molecule has 1 heterocycles. The standard InChI is InChI=1S/C13H16FNO3S2/c1-19-7-6-10-2-4-11(5-3-10)15-9-12(8-13(15)16)20(14,17)18/h2-5,12H,6-9H2,1H3. The van der Waals surface area contributed by atoms with Crippen LogP contribution in [0.25, 0.3) is 0 Å². The fourth-order valence-corrected chi connectivity index (χ4v) is 3.28. The molecule has 0 bridgehead atoms. The van der Waals surface area contributed by atoms with E-state index in [0.29, 0.717) is 5.69 Å². The number of amides is 1. The average Bonchev–Trinajstić information content (AvgIpc) is 2.79. The molecule has 1 saturated heterocycles. The Morgan fingerprint density at radius 3 is 2.50 bits per heavy atom. The van der Waals surface area contributed by atoms with Gasteiger partial charge in [0.1, 0.15) is 5.25 Å². The number of carbonyl (C=O) groups excluding carboxylic acids is 1. The van der Waals surface area contributed by atoms with E-state index in [2.05, 4.69) is 0 Å². The molecule has 0 radical (unpaired) electrons. The molecule has 1 aromatic rings. The van der Waals surface area contributed by atoms with Gasteiger partial charge in [0.05, 0.1) is 0 Å². The topological polar surface area (TPSA) is 54.5 Å². The van der Waals surface area contributed by atoms with Gasteiger partial charge in [-0.05, 0) is 36.1 Å². The van der Waals surface area contributed by atoms with Crippen molar-refractivity contribution in [3.63, 3.8) is 0 Å². The van der Waals surface area contributed by atoms with Crippen molar-refractivity contribution in [1.29, 1.82) is 0 Å². The second-order valence-electron chi connectivity index (χ2n) is 4.72. The molecule has 1 aliphatic rings. The second kappa shape index (κ2) is 6.13. The molecule has 1 fully saturated rings. The molecule has 0 spiro atoms. The summed E-state index contributed by atoms with van der Waals surface area (Å²) in [7, 11) is -4.66. The number of nitrogens with zero attached hydrogens (tertiary/aromatic N) is 1. The first-order chi connectivity index (χ1) is 9.41. The van der Waals surface area contributed by atoms with Gasteiger partial charge < -0.3 is 4.90 Å². The summed E-state index contributed by atoms with van der Waals surface area (Å²) in [4.78, 5) is 13.1. The summed E-state index contributed by atoms with van der Waals surface area (Å²) >= 11 is 1.76. The van der Waals surface area contributed by atoms with Gasteiger partial charge in [-0.25, -0.2) is 0 Å². The minimum Gasteiger partial charge on any atom is -0.311 e. The molecule has 1 aromatic carbocycles. The summed E-state index contributed by atoms with van der Waals surface area (Å²) < 4.78 is 34.7. The van der Waals surface area contributed by atoms with Crippen LogP contribution in [-0.4, -0.2) is 38.1 Å². The molecule has 2 rings (SSSR count). The van der Waals surface area contributed by atoms with Gasteiger partial charge in [0.15, 0.2) is 0 Å². The Labute approximate surface area is 122 Å². The third kappa shape index (κ3) is 3.52. The van der Waals surface area contributed by atoms with Crippen LogP contribution in [0.5, 0.6) is 0 Å². The SMILES string of the molecule is CSCCc1ccc(N2CC(S(=O)(=O)F)CC2=O)cc1. The number of anilines is 1. The van der Waals surface area contributed by atoms with E-state index in [4.69, 9.17) is 0 Å². The highest BCUT2D eigenvalue weighted by molar-refractivity contribution is 7.98. The van der Waals surface area contributed by atoms with E-state index in [1.807, 2.05) is 18.4 Å². The van der Waals surface area contributed by atoms with Crippen molar-refractivity contribution in [1.82, 2.24) is 0 Å². The molecule has 1 atom stereocenters. The molecular weight excluding hydrogens is 301 g/mol. The van der Waals surface area contributed by atoms with E-state index in [1.165, 1.54) is 4.90 Å². The molecule has 20 heavy (non-hydrogen) atoms. The Bertz CT molecular complexity index is 586. The van der Waals surface area contributed by atoms with Crippen LogP contribution in [0, 0.1) is 0 Å². The normalized spacial score (nSPS) is 19.6. The zero-order valence-electron chi connectivity index (χ0n) is 11.1. The quantitative estimate of drug-likeness (QED) is 0.780. The van der Waals surface area contributed by atoms with Crippen molar-refractivity contribution in [2.24, 2.45) is 0 Å². The largest absolute Gasteiger partial charge is 0.311 e. The summed E-state index contributed by atoms with van der Waals surface area (Å²) in [6.07, 6.45) is 2.69. The molecule has 7 heteroatoms. The van der Waals surface area contributed by atoms with Crippen LogP contribution in [-0.2, 0) is 21.4 Å². The van der Waals surface area contributed by atoms with Crippen LogP contribution < -0.4 is 4.90 Å². The van der Waals surface area contributed by atoms with E-state index in [9.17, 15) is 17.1 Å². The molecule has 1 unspecified atom stereocenters. The maximum Gasteiger partial charge on any atom is 0.307 e. The third-order valence-corrected chi connectivity index (χ3v) is 5.06. The molecule has 1 amide bonds. The highest BCUT2D eigenvalue weighted by atomic mass is 32.3. The number of aryl methyl sites for hydroxylation is 1. The molecule has 0 aliphatic carbocycles. The van der Waals surface area contributed by atoms with E-state index in [-0.39, 0.29) is 18.9 Å². The molecule has 0 aromatic heterocycles. The number of halogens is 1. The lowest BCUT2D eigenvalue weighted by Crippen LogP contribution is -2.26. The van der Waals surface area contributed by atoms with Crippen molar-refractivity contribution in [2.45, 2.75) is 18.1 Å². The van der Waals surface area contributed by atoms with Crippen molar-refractivity contribution in [3.05, 3.63) is 29.8 Å². The zero-order chi connectivity index (χ0) is 14.8. The first-order valence-corrected chi connectivity index (χ1v) is 9.07. The van der Waals surface area contributed by atoms with Gasteiger partial charge in [0.2, 0.25) is 5.91 Å². The highest BCUT2D eigenvalue weighted by Gasteiger charge is 2.38. The molecular formula is C13H16FNO3S2. The van der Waals surface area contributed by atoms with Gasteiger partial charge in [0.25, 0.3) is 0 Å². The first kappa shape index (κ1) is 15.3. The zero-order valence-corrected chi connectivity index (χ0v) is 12.7. The average molecular weight is 317 g/mol. The van der Waals surface area contributed by atoms with E-state index in [1.54, 1.807) is 23.9 Å². The Balaban J connectivity index is 2.10. The Hall–Kier alpha value is -1.08. The number of rotatable bonds is 5. The highest BCUT2D eigenvalue weighted by Crippen LogP contribution is 2.26.